The van der Waals surface area contributed by atoms with Gasteiger partial charge in [0, 0.05) is 22.6 Å². The molecule has 0 heterocycles. The highest BCUT2D eigenvalue weighted by Gasteiger charge is 2.27. The first-order valence-electron chi connectivity index (χ1n) is 9.80. The van der Waals surface area contributed by atoms with E-state index < -0.39 is 6.04 Å². The molecule has 4 nitrogen and oxygen atoms in total. The minimum absolute atomic E-state index is 0.0396. The third-order valence-corrected chi connectivity index (χ3v) is 5.55. The monoisotopic (exact) mass is 434 g/mol. The van der Waals surface area contributed by atoms with Crippen molar-refractivity contribution in [1.29, 1.82) is 0 Å². The summed E-state index contributed by atoms with van der Waals surface area (Å²) >= 11 is 12.3. The number of carbonyl (C=O) groups excluding carboxylic acids is 2. The number of benzene rings is 2. The van der Waals surface area contributed by atoms with Crippen molar-refractivity contribution in [3.63, 3.8) is 0 Å². The molecule has 0 spiro atoms. The van der Waals surface area contributed by atoms with E-state index in [0.29, 0.717) is 10.0 Å². The van der Waals surface area contributed by atoms with Gasteiger partial charge in [-0.05, 0) is 50.5 Å². The van der Waals surface area contributed by atoms with Crippen molar-refractivity contribution in [2.75, 3.05) is 0 Å². The number of carbonyl (C=O) groups is 2. The molecule has 2 aromatic rings. The van der Waals surface area contributed by atoms with E-state index in [2.05, 4.69) is 5.32 Å². The molecule has 0 aromatic heterocycles. The zero-order chi connectivity index (χ0) is 21.6. The second-order valence-corrected chi connectivity index (χ2v) is 8.26. The Bertz CT molecular complexity index is 870. The van der Waals surface area contributed by atoms with Gasteiger partial charge in [-0.2, -0.15) is 0 Å². The Morgan fingerprint density at radius 3 is 2.45 bits per heavy atom. The van der Waals surface area contributed by atoms with E-state index in [-0.39, 0.29) is 30.8 Å². The van der Waals surface area contributed by atoms with Crippen LogP contribution in [0, 0.1) is 6.92 Å². The van der Waals surface area contributed by atoms with Gasteiger partial charge in [0.1, 0.15) is 6.04 Å². The molecule has 2 atom stereocenters. The summed E-state index contributed by atoms with van der Waals surface area (Å²) in [5.41, 5.74) is 2.75. The smallest absolute Gasteiger partial charge is 0.242 e. The van der Waals surface area contributed by atoms with Crippen LogP contribution in [-0.2, 0) is 22.6 Å². The first-order chi connectivity index (χ1) is 13.7. The van der Waals surface area contributed by atoms with Crippen LogP contribution in [0.1, 0.15) is 43.9 Å². The summed E-state index contributed by atoms with van der Waals surface area (Å²) < 4.78 is 0. The zero-order valence-corrected chi connectivity index (χ0v) is 18.8. The summed E-state index contributed by atoms with van der Waals surface area (Å²) in [5.74, 6) is -0.310. The molecule has 2 amide bonds. The predicted molar refractivity (Wildman–Crippen MR) is 119 cm³/mol. The van der Waals surface area contributed by atoms with Crippen LogP contribution in [0.3, 0.4) is 0 Å². The van der Waals surface area contributed by atoms with Crippen LogP contribution < -0.4 is 5.32 Å². The molecule has 0 aliphatic carbocycles. The van der Waals surface area contributed by atoms with Crippen LogP contribution in [0.15, 0.2) is 42.5 Å². The van der Waals surface area contributed by atoms with Crippen molar-refractivity contribution in [1.82, 2.24) is 10.2 Å². The fourth-order valence-electron chi connectivity index (χ4n) is 2.98. The Hall–Kier alpha value is -2.04. The van der Waals surface area contributed by atoms with Gasteiger partial charge in [-0.1, -0.05) is 66.0 Å². The molecule has 2 rings (SSSR count). The van der Waals surface area contributed by atoms with Gasteiger partial charge in [0.25, 0.3) is 0 Å². The molecule has 0 fully saturated rings. The van der Waals surface area contributed by atoms with Gasteiger partial charge in [-0.25, -0.2) is 0 Å². The molecule has 0 saturated heterocycles. The maximum absolute atomic E-state index is 13.2. The van der Waals surface area contributed by atoms with Crippen molar-refractivity contribution in [2.45, 2.75) is 59.2 Å². The third kappa shape index (κ3) is 6.76. The number of halogens is 2. The SMILES string of the molecule is CCC(C)NC(=O)C(C)N(Cc1ccc(Cl)cc1Cl)C(=O)Cc1cccc(C)c1. The van der Waals surface area contributed by atoms with Crippen molar-refractivity contribution in [3.05, 3.63) is 69.2 Å². The lowest BCUT2D eigenvalue weighted by Crippen LogP contribution is -2.49. The Labute approximate surface area is 183 Å². The van der Waals surface area contributed by atoms with Crippen molar-refractivity contribution in [3.8, 4) is 0 Å². The van der Waals surface area contributed by atoms with E-state index in [1.165, 1.54) is 0 Å². The number of amides is 2. The Kier molecular flexibility index (Phi) is 8.54. The number of nitrogens with zero attached hydrogens (tertiary/aromatic N) is 1. The van der Waals surface area contributed by atoms with Crippen LogP contribution in [0.2, 0.25) is 10.0 Å². The molecule has 6 heteroatoms. The Morgan fingerprint density at radius 2 is 1.83 bits per heavy atom. The summed E-state index contributed by atoms with van der Waals surface area (Å²) in [7, 11) is 0. The van der Waals surface area contributed by atoms with Crippen LogP contribution in [-0.4, -0.2) is 28.8 Å². The largest absolute Gasteiger partial charge is 0.352 e. The third-order valence-electron chi connectivity index (χ3n) is 4.96. The number of hydrogen-bond acceptors (Lipinski definition) is 2. The molecule has 156 valence electrons. The average Bonchev–Trinajstić information content (AvgIpc) is 2.66. The molecule has 0 bridgehead atoms. The first-order valence-corrected chi connectivity index (χ1v) is 10.6. The van der Waals surface area contributed by atoms with Gasteiger partial charge in [-0.15, -0.1) is 0 Å². The Balaban J connectivity index is 2.27. The molecule has 2 aromatic carbocycles. The van der Waals surface area contributed by atoms with Gasteiger partial charge < -0.3 is 10.2 Å². The average molecular weight is 435 g/mol. The van der Waals surface area contributed by atoms with E-state index in [4.69, 9.17) is 23.2 Å². The minimum Gasteiger partial charge on any atom is -0.352 e. The van der Waals surface area contributed by atoms with E-state index in [1.54, 1.807) is 30.0 Å². The topological polar surface area (TPSA) is 49.4 Å². The highest BCUT2D eigenvalue weighted by atomic mass is 35.5. The summed E-state index contributed by atoms with van der Waals surface area (Å²) in [6.45, 7) is 7.91. The first kappa shape index (κ1) is 23.2. The fraction of sp³-hybridized carbons (Fsp3) is 0.391. The lowest BCUT2D eigenvalue weighted by atomic mass is 10.1. The van der Waals surface area contributed by atoms with E-state index in [1.807, 2.05) is 45.0 Å². The molecule has 29 heavy (non-hydrogen) atoms. The lowest BCUT2D eigenvalue weighted by Gasteiger charge is -2.30. The fourth-order valence-corrected chi connectivity index (χ4v) is 3.45. The van der Waals surface area contributed by atoms with Crippen molar-refractivity contribution < 1.29 is 9.59 Å². The van der Waals surface area contributed by atoms with Crippen molar-refractivity contribution in [2.24, 2.45) is 0 Å². The lowest BCUT2D eigenvalue weighted by molar-refractivity contribution is -0.140. The van der Waals surface area contributed by atoms with E-state index in [0.717, 1.165) is 23.1 Å². The van der Waals surface area contributed by atoms with Crippen LogP contribution >= 0.6 is 23.2 Å². The molecule has 0 saturated carbocycles. The second-order valence-electron chi connectivity index (χ2n) is 7.42. The molecular weight excluding hydrogens is 407 g/mol. The minimum atomic E-state index is -0.631. The highest BCUT2D eigenvalue weighted by molar-refractivity contribution is 6.35. The van der Waals surface area contributed by atoms with Crippen LogP contribution in [0.5, 0.6) is 0 Å². The summed E-state index contributed by atoms with van der Waals surface area (Å²) in [6.07, 6.45) is 1.03. The summed E-state index contributed by atoms with van der Waals surface area (Å²) in [4.78, 5) is 27.5. The number of rotatable bonds is 8. The standard InChI is InChI=1S/C23H28Cl2N2O2/c1-5-16(3)26-23(29)17(4)27(14-19-9-10-20(24)13-21(19)25)22(28)12-18-8-6-7-15(2)11-18/h6-11,13,16-17H,5,12,14H2,1-4H3,(H,26,29). The number of aryl methyl sites for hydroxylation is 1. The molecular formula is C23H28Cl2N2O2. The Morgan fingerprint density at radius 1 is 1.10 bits per heavy atom. The predicted octanol–water partition coefficient (Wildman–Crippen LogP) is 5.18. The quantitative estimate of drug-likeness (QED) is 0.622. The molecule has 0 aliphatic heterocycles. The van der Waals surface area contributed by atoms with Gasteiger partial charge in [-0.3, -0.25) is 9.59 Å². The van der Waals surface area contributed by atoms with Gasteiger partial charge in [0.15, 0.2) is 0 Å². The van der Waals surface area contributed by atoms with Gasteiger partial charge in [0.2, 0.25) is 11.8 Å². The maximum Gasteiger partial charge on any atom is 0.242 e. The summed E-state index contributed by atoms with van der Waals surface area (Å²) in [5, 5.41) is 3.96. The molecule has 0 aliphatic rings. The number of hydrogen-bond donors (Lipinski definition) is 1. The van der Waals surface area contributed by atoms with Crippen LogP contribution in [0.25, 0.3) is 0 Å². The molecule has 0 radical (unpaired) electrons. The van der Waals surface area contributed by atoms with Crippen LogP contribution in [0.4, 0.5) is 0 Å². The highest BCUT2D eigenvalue weighted by Crippen LogP contribution is 2.23. The normalized spacial score (nSPS) is 12.9. The van der Waals surface area contributed by atoms with E-state index >= 15 is 0 Å². The maximum atomic E-state index is 13.2. The molecule has 1 N–H and O–H groups in total. The van der Waals surface area contributed by atoms with E-state index in [9.17, 15) is 9.59 Å². The summed E-state index contributed by atoms with van der Waals surface area (Å²) in [6, 6.07) is 12.4. The second kappa shape index (κ2) is 10.7. The number of nitrogens with one attached hydrogen (secondary N) is 1. The molecule has 2 unspecified atom stereocenters. The van der Waals surface area contributed by atoms with Gasteiger partial charge in [0.05, 0.1) is 6.42 Å². The zero-order valence-electron chi connectivity index (χ0n) is 17.3. The van der Waals surface area contributed by atoms with Gasteiger partial charge >= 0.3 is 0 Å². The van der Waals surface area contributed by atoms with Crippen molar-refractivity contribution >= 4 is 35.0 Å².